The average molecular weight is 195 g/mol. The van der Waals surface area contributed by atoms with Crippen LogP contribution in [-0.4, -0.2) is 5.54 Å². The molecule has 0 spiro atoms. The topological polar surface area (TPSA) is 26.0 Å². The number of nitrogens with two attached hydrogens (primary N) is 1. The summed E-state index contributed by atoms with van der Waals surface area (Å²) >= 11 is 1.76. The molecule has 1 heterocycles. The zero-order valence-corrected chi connectivity index (χ0v) is 9.10. The summed E-state index contributed by atoms with van der Waals surface area (Å²) in [5.74, 6) is 0. The van der Waals surface area contributed by atoms with Crippen molar-refractivity contribution in [2.45, 2.75) is 32.2 Å². The highest BCUT2D eigenvalue weighted by molar-refractivity contribution is 7.10. The normalized spacial score (nSPS) is 12.5. The Morgan fingerprint density at radius 2 is 2.31 bits per heavy atom. The maximum atomic E-state index is 5.86. The summed E-state index contributed by atoms with van der Waals surface area (Å²) in [7, 11) is 0. The fraction of sp³-hybridized carbons (Fsp3) is 0.455. The summed E-state index contributed by atoms with van der Waals surface area (Å²) in [5.41, 5.74) is 5.82. The van der Waals surface area contributed by atoms with Crippen LogP contribution in [-0.2, 0) is 0 Å². The van der Waals surface area contributed by atoms with Crippen molar-refractivity contribution in [1.82, 2.24) is 0 Å². The zero-order valence-electron chi connectivity index (χ0n) is 8.29. The molecule has 0 aliphatic heterocycles. The highest BCUT2D eigenvalue weighted by Crippen LogP contribution is 2.13. The van der Waals surface area contributed by atoms with E-state index in [4.69, 9.17) is 5.73 Å². The number of hydrogen-bond acceptors (Lipinski definition) is 2. The van der Waals surface area contributed by atoms with Crippen molar-refractivity contribution in [2.24, 2.45) is 5.73 Å². The molecular weight excluding hydrogens is 178 g/mol. The van der Waals surface area contributed by atoms with E-state index in [9.17, 15) is 0 Å². The predicted octanol–water partition coefficient (Wildman–Crippen LogP) is 3.28. The molecule has 72 valence electrons. The van der Waals surface area contributed by atoms with Crippen molar-refractivity contribution in [2.75, 3.05) is 0 Å². The van der Waals surface area contributed by atoms with Gasteiger partial charge in [-0.2, -0.15) is 0 Å². The molecule has 0 aliphatic carbocycles. The molecule has 0 atom stereocenters. The second kappa shape index (κ2) is 4.58. The first-order chi connectivity index (χ1) is 6.08. The minimum absolute atomic E-state index is 0.0419. The Balaban J connectivity index is 2.27. The largest absolute Gasteiger partial charge is 0.326 e. The van der Waals surface area contributed by atoms with Gasteiger partial charge in [-0.25, -0.2) is 0 Å². The highest BCUT2D eigenvalue weighted by Gasteiger charge is 2.07. The lowest BCUT2D eigenvalue weighted by molar-refractivity contribution is 0.482. The second-order valence-corrected chi connectivity index (χ2v) is 4.92. The molecule has 0 aromatic carbocycles. The molecule has 1 aromatic rings. The molecule has 0 unspecified atom stereocenters. The van der Waals surface area contributed by atoms with E-state index in [1.807, 2.05) is 0 Å². The Kier molecular flexibility index (Phi) is 3.70. The van der Waals surface area contributed by atoms with Crippen LogP contribution in [0.2, 0.25) is 0 Å². The van der Waals surface area contributed by atoms with Crippen molar-refractivity contribution >= 4 is 17.4 Å². The molecule has 0 aliphatic rings. The predicted molar refractivity (Wildman–Crippen MR) is 60.9 cm³/mol. The number of rotatable bonds is 4. The molecule has 0 bridgehead atoms. The molecule has 0 fully saturated rings. The lowest BCUT2D eigenvalue weighted by Crippen LogP contribution is -2.31. The highest BCUT2D eigenvalue weighted by atomic mass is 32.1. The van der Waals surface area contributed by atoms with Gasteiger partial charge in [0.2, 0.25) is 0 Å². The van der Waals surface area contributed by atoms with E-state index >= 15 is 0 Å². The van der Waals surface area contributed by atoms with Crippen LogP contribution in [0.1, 0.15) is 31.6 Å². The van der Waals surface area contributed by atoms with Crippen LogP contribution >= 0.6 is 11.3 Å². The molecule has 0 radical (unpaired) electrons. The lowest BCUT2D eigenvalue weighted by atomic mass is 10.0. The van der Waals surface area contributed by atoms with Gasteiger partial charge in [0.15, 0.2) is 0 Å². The van der Waals surface area contributed by atoms with Crippen molar-refractivity contribution in [3.63, 3.8) is 0 Å². The Morgan fingerprint density at radius 1 is 1.54 bits per heavy atom. The van der Waals surface area contributed by atoms with E-state index in [0.717, 1.165) is 12.8 Å². The molecular formula is C11H17NS. The van der Waals surface area contributed by atoms with E-state index in [1.165, 1.54) is 4.88 Å². The third kappa shape index (κ3) is 4.86. The van der Waals surface area contributed by atoms with Gasteiger partial charge in [0, 0.05) is 10.4 Å². The molecule has 1 aromatic heterocycles. The van der Waals surface area contributed by atoms with Gasteiger partial charge in [0.25, 0.3) is 0 Å². The van der Waals surface area contributed by atoms with Crippen molar-refractivity contribution in [3.05, 3.63) is 28.5 Å². The lowest BCUT2D eigenvalue weighted by Gasteiger charge is -2.16. The van der Waals surface area contributed by atoms with Crippen LogP contribution in [0.4, 0.5) is 0 Å². The van der Waals surface area contributed by atoms with Crippen molar-refractivity contribution in [1.29, 1.82) is 0 Å². The molecule has 1 rings (SSSR count). The number of hydrogen-bond donors (Lipinski definition) is 1. The number of allylic oxidation sites excluding steroid dienone is 1. The molecule has 1 nitrogen and oxygen atoms in total. The fourth-order valence-corrected chi connectivity index (χ4v) is 1.69. The van der Waals surface area contributed by atoms with Gasteiger partial charge in [0.05, 0.1) is 0 Å². The van der Waals surface area contributed by atoms with Gasteiger partial charge < -0.3 is 5.73 Å². The van der Waals surface area contributed by atoms with Crippen LogP contribution in [0.5, 0.6) is 0 Å². The minimum Gasteiger partial charge on any atom is -0.326 e. The van der Waals surface area contributed by atoms with Crippen molar-refractivity contribution < 1.29 is 0 Å². The Bertz CT molecular complexity index is 254. The summed E-state index contributed by atoms with van der Waals surface area (Å²) in [6.45, 7) is 4.12. The van der Waals surface area contributed by atoms with E-state index in [0.29, 0.717) is 0 Å². The summed E-state index contributed by atoms with van der Waals surface area (Å²) in [4.78, 5) is 1.31. The monoisotopic (exact) mass is 195 g/mol. The van der Waals surface area contributed by atoms with E-state index in [-0.39, 0.29) is 5.54 Å². The first-order valence-electron chi connectivity index (χ1n) is 4.57. The van der Waals surface area contributed by atoms with E-state index in [2.05, 4.69) is 43.5 Å². The van der Waals surface area contributed by atoms with E-state index in [1.54, 1.807) is 11.3 Å². The molecule has 0 saturated heterocycles. The Morgan fingerprint density at radius 3 is 2.85 bits per heavy atom. The van der Waals surface area contributed by atoms with Gasteiger partial charge in [-0.1, -0.05) is 12.1 Å². The summed E-state index contributed by atoms with van der Waals surface area (Å²) in [6, 6.07) is 4.19. The quantitative estimate of drug-likeness (QED) is 0.784. The fourth-order valence-electron chi connectivity index (χ4n) is 1.04. The average Bonchev–Trinajstić information content (AvgIpc) is 2.48. The zero-order chi connectivity index (χ0) is 9.73. The van der Waals surface area contributed by atoms with Gasteiger partial charge in [-0.15, -0.1) is 11.3 Å². The summed E-state index contributed by atoms with van der Waals surface area (Å²) in [6.07, 6.45) is 6.45. The Hall–Kier alpha value is -0.600. The van der Waals surface area contributed by atoms with Crippen molar-refractivity contribution in [3.8, 4) is 0 Å². The number of thiophene rings is 1. The van der Waals surface area contributed by atoms with Crippen LogP contribution in [0, 0.1) is 0 Å². The first kappa shape index (κ1) is 10.5. The minimum atomic E-state index is -0.0419. The molecule has 0 saturated carbocycles. The summed E-state index contributed by atoms with van der Waals surface area (Å²) in [5, 5.41) is 2.09. The Labute approximate surface area is 84.3 Å². The SMILES string of the molecule is CC(C)(N)CC/C=C/c1cccs1. The van der Waals surface area contributed by atoms with Crippen LogP contribution < -0.4 is 5.73 Å². The first-order valence-corrected chi connectivity index (χ1v) is 5.45. The molecule has 2 heteroatoms. The second-order valence-electron chi connectivity index (χ2n) is 3.95. The molecule has 0 amide bonds. The smallest absolute Gasteiger partial charge is 0.0267 e. The van der Waals surface area contributed by atoms with Crippen LogP contribution in [0.15, 0.2) is 23.6 Å². The van der Waals surface area contributed by atoms with Gasteiger partial charge in [-0.3, -0.25) is 0 Å². The van der Waals surface area contributed by atoms with Gasteiger partial charge in [-0.05, 0) is 44.2 Å². The van der Waals surface area contributed by atoms with Gasteiger partial charge in [0.1, 0.15) is 0 Å². The van der Waals surface area contributed by atoms with Gasteiger partial charge >= 0.3 is 0 Å². The molecule has 2 N–H and O–H groups in total. The van der Waals surface area contributed by atoms with Crippen LogP contribution in [0.3, 0.4) is 0 Å². The third-order valence-corrected chi connectivity index (χ3v) is 2.62. The van der Waals surface area contributed by atoms with E-state index < -0.39 is 0 Å². The maximum absolute atomic E-state index is 5.86. The maximum Gasteiger partial charge on any atom is 0.0267 e. The standard InChI is InChI=1S/C11H17NS/c1-11(2,12)8-4-3-6-10-7-5-9-13-10/h3,5-7,9H,4,8,12H2,1-2H3/b6-3+. The summed E-state index contributed by atoms with van der Waals surface area (Å²) < 4.78 is 0. The van der Waals surface area contributed by atoms with Crippen LogP contribution in [0.25, 0.3) is 6.08 Å². The molecule has 13 heavy (non-hydrogen) atoms. The third-order valence-electron chi connectivity index (χ3n) is 1.78.